The Morgan fingerprint density at radius 1 is 1.32 bits per heavy atom. The third-order valence-corrected chi connectivity index (χ3v) is 5.64. The van der Waals surface area contributed by atoms with Crippen molar-refractivity contribution in [2.24, 2.45) is 5.92 Å². The topological polar surface area (TPSA) is 75.7 Å². The molecule has 1 atom stereocenters. The molecule has 1 N–H and O–H groups in total. The van der Waals surface area contributed by atoms with Crippen LogP contribution in [0.2, 0.25) is 0 Å². The standard InChI is InChI=1S/C15H30N2O4S/c1-12(2)11-22(19,20)17-9-7-6-8-13(17)10-16-14(18)21-15(3,4)5/h12-13H,6-11H2,1-5H3,(H,16,18). The summed E-state index contributed by atoms with van der Waals surface area (Å²) in [7, 11) is -3.27. The lowest BCUT2D eigenvalue weighted by molar-refractivity contribution is 0.0512. The number of hydrogen-bond donors (Lipinski definition) is 1. The van der Waals surface area contributed by atoms with E-state index in [-0.39, 0.29) is 17.7 Å². The fourth-order valence-corrected chi connectivity index (χ4v) is 4.65. The molecule has 22 heavy (non-hydrogen) atoms. The lowest BCUT2D eigenvalue weighted by Gasteiger charge is -2.35. The van der Waals surface area contributed by atoms with Crippen LogP contribution in [-0.2, 0) is 14.8 Å². The van der Waals surface area contributed by atoms with Crippen molar-refractivity contribution in [1.29, 1.82) is 0 Å². The van der Waals surface area contributed by atoms with Gasteiger partial charge in [-0.15, -0.1) is 0 Å². The van der Waals surface area contributed by atoms with Crippen molar-refractivity contribution >= 4 is 16.1 Å². The third-order valence-electron chi connectivity index (χ3n) is 3.36. The summed E-state index contributed by atoms with van der Waals surface area (Å²) in [5, 5.41) is 2.70. The van der Waals surface area contributed by atoms with Gasteiger partial charge in [-0.2, -0.15) is 4.31 Å². The summed E-state index contributed by atoms with van der Waals surface area (Å²) in [5.74, 6) is 0.238. The predicted molar refractivity (Wildman–Crippen MR) is 87.2 cm³/mol. The largest absolute Gasteiger partial charge is 0.444 e. The maximum Gasteiger partial charge on any atom is 0.407 e. The number of rotatable bonds is 5. The van der Waals surface area contributed by atoms with E-state index in [0.717, 1.165) is 19.3 Å². The molecule has 130 valence electrons. The quantitative estimate of drug-likeness (QED) is 0.837. The van der Waals surface area contributed by atoms with Gasteiger partial charge in [0.15, 0.2) is 0 Å². The van der Waals surface area contributed by atoms with E-state index in [1.54, 1.807) is 25.1 Å². The molecule has 1 heterocycles. The van der Waals surface area contributed by atoms with Crippen molar-refractivity contribution < 1.29 is 17.9 Å². The predicted octanol–water partition coefficient (Wildman–Crippen LogP) is 2.35. The minimum atomic E-state index is -3.27. The molecule has 1 unspecified atom stereocenters. The van der Waals surface area contributed by atoms with E-state index >= 15 is 0 Å². The van der Waals surface area contributed by atoms with Gasteiger partial charge in [0.25, 0.3) is 0 Å². The van der Waals surface area contributed by atoms with Crippen molar-refractivity contribution in [2.75, 3.05) is 18.8 Å². The number of nitrogens with one attached hydrogen (secondary N) is 1. The number of carbonyl (C=O) groups is 1. The Balaban J connectivity index is 2.64. The number of amides is 1. The lowest BCUT2D eigenvalue weighted by atomic mass is 10.1. The Hall–Kier alpha value is -0.820. The van der Waals surface area contributed by atoms with Crippen LogP contribution < -0.4 is 5.32 Å². The van der Waals surface area contributed by atoms with Gasteiger partial charge in [-0.3, -0.25) is 0 Å². The summed E-state index contributed by atoms with van der Waals surface area (Å²) in [6.07, 6.45) is 2.13. The average molecular weight is 334 g/mol. The van der Waals surface area contributed by atoms with Gasteiger partial charge in [-0.1, -0.05) is 20.3 Å². The van der Waals surface area contributed by atoms with Gasteiger partial charge in [-0.05, 0) is 39.5 Å². The molecule has 6 nitrogen and oxygen atoms in total. The van der Waals surface area contributed by atoms with Crippen molar-refractivity contribution in [1.82, 2.24) is 9.62 Å². The maximum atomic E-state index is 12.5. The van der Waals surface area contributed by atoms with Crippen molar-refractivity contribution in [3.63, 3.8) is 0 Å². The van der Waals surface area contributed by atoms with E-state index in [9.17, 15) is 13.2 Å². The first-order valence-corrected chi connectivity index (χ1v) is 9.58. The number of alkyl carbamates (subject to hydrolysis) is 1. The molecular weight excluding hydrogens is 304 g/mol. The molecule has 0 aromatic rings. The van der Waals surface area contributed by atoms with Crippen molar-refractivity contribution in [2.45, 2.75) is 65.5 Å². The minimum Gasteiger partial charge on any atom is -0.444 e. The SMILES string of the molecule is CC(C)CS(=O)(=O)N1CCCCC1CNC(=O)OC(C)(C)C. The summed E-state index contributed by atoms with van der Waals surface area (Å²) >= 11 is 0. The summed E-state index contributed by atoms with van der Waals surface area (Å²) in [6.45, 7) is 10.0. The zero-order valence-electron chi connectivity index (χ0n) is 14.4. The van der Waals surface area contributed by atoms with Crippen molar-refractivity contribution in [3.8, 4) is 0 Å². The first-order valence-electron chi connectivity index (χ1n) is 7.97. The molecule has 1 aliphatic rings. The van der Waals surface area contributed by atoms with Crippen LogP contribution >= 0.6 is 0 Å². The molecule has 1 amide bonds. The number of ether oxygens (including phenoxy) is 1. The van der Waals surface area contributed by atoms with Crippen LogP contribution in [0.4, 0.5) is 4.79 Å². The van der Waals surface area contributed by atoms with Crippen LogP contribution in [0, 0.1) is 5.92 Å². The second-order valence-corrected chi connectivity index (χ2v) is 9.28. The Morgan fingerprint density at radius 3 is 2.50 bits per heavy atom. The van der Waals surface area contributed by atoms with Crippen molar-refractivity contribution in [3.05, 3.63) is 0 Å². The van der Waals surface area contributed by atoms with Crippen LogP contribution in [0.5, 0.6) is 0 Å². The van der Waals surface area contributed by atoms with Crippen LogP contribution in [0.15, 0.2) is 0 Å². The number of carbonyl (C=O) groups excluding carboxylic acids is 1. The minimum absolute atomic E-state index is 0.0893. The molecule has 0 aromatic heterocycles. The first kappa shape index (κ1) is 19.2. The summed E-state index contributed by atoms with van der Waals surface area (Å²) in [4.78, 5) is 11.7. The number of piperidine rings is 1. The third kappa shape index (κ3) is 6.52. The van der Waals surface area contributed by atoms with Gasteiger partial charge >= 0.3 is 6.09 Å². The summed E-state index contributed by atoms with van der Waals surface area (Å²) in [5.41, 5.74) is -0.556. The Bertz CT molecular complexity index is 468. The van der Waals surface area contributed by atoms with Gasteiger partial charge in [0.2, 0.25) is 10.0 Å². The van der Waals surface area contributed by atoms with Gasteiger partial charge in [0.05, 0.1) is 5.75 Å². The summed E-state index contributed by atoms with van der Waals surface area (Å²) in [6, 6.07) is -0.176. The zero-order valence-corrected chi connectivity index (χ0v) is 15.2. The van der Waals surface area contributed by atoms with Crippen LogP contribution in [-0.4, -0.2) is 49.3 Å². The highest BCUT2D eigenvalue weighted by Gasteiger charge is 2.33. The van der Waals surface area contributed by atoms with Gasteiger partial charge < -0.3 is 10.1 Å². The first-order chi connectivity index (χ1) is 10.0. The second kappa shape index (κ2) is 7.64. The molecule has 0 spiro atoms. The maximum absolute atomic E-state index is 12.5. The number of sulfonamides is 1. The van der Waals surface area contributed by atoms with E-state index in [1.807, 2.05) is 13.8 Å². The highest BCUT2D eigenvalue weighted by atomic mass is 32.2. The second-order valence-electron chi connectivity index (χ2n) is 7.32. The molecule has 0 radical (unpaired) electrons. The van der Waals surface area contributed by atoms with Gasteiger partial charge in [0.1, 0.15) is 5.60 Å². The van der Waals surface area contributed by atoms with E-state index in [4.69, 9.17) is 4.74 Å². The average Bonchev–Trinajstić information content (AvgIpc) is 2.33. The number of nitrogens with zero attached hydrogens (tertiary/aromatic N) is 1. The molecule has 0 aliphatic carbocycles. The highest BCUT2D eigenvalue weighted by Crippen LogP contribution is 2.21. The molecule has 7 heteroatoms. The van der Waals surface area contributed by atoms with E-state index < -0.39 is 21.7 Å². The molecule has 1 rings (SSSR count). The fraction of sp³-hybridized carbons (Fsp3) is 0.933. The molecule has 0 aromatic carbocycles. The normalized spacial score (nSPS) is 20.9. The molecule has 1 aliphatic heterocycles. The molecule has 0 saturated carbocycles. The van der Waals surface area contributed by atoms with Crippen LogP contribution in [0.1, 0.15) is 53.9 Å². The molecular formula is C15H30N2O4S. The number of hydrogen-bond acceptors (Lipinski definition) is 4. The van der Waals surface area contributed by atoms with Crippen LogP contribution in [0.3, 0.4) is 0 Å². The van der Waals surface area contributed by atoms with Gasteiger partial charge in [-0.25, -0.2) is 13.2 Å². The van der Waals surface area contributed by atoms with E-state index in [1.165, 1.54) is 0 Å². The smallest absolute Gasteiger partial charge is 0.407 e. The van der Waals surface area contributed by atoms with Gasteiger partial charge in [0, 0.05) is 19.1 Å². The zero-order chi connectivity index (χ0) is 17.0. The summed E-state index contributed by atoms with van der Waals surface area (Å²) < 4.78 is 31.7. The van der Waals surface area contributed by atoms with E-state index in [2.05, 4.69) is 5.32 Å². The fourth-order valence-electron chi connectivity index (χ4n) is 2.58. The van der Waals surface area contributed by atoms with Crippen LogP contribution in [0.25, 0.3) is 0 Å². The molecule has 1 fully saturated rings. The lowest BCUT2D eigenvalue weighted by Crippen LogP contribution is -2.50. The Labute approximate surface area is 134 Å². The Morgan fingerprint density at radius 2 is 1.95 bits per heavy atom. The monoisotopic (exact) mass is 334 g/mol. The Kier molecular flexibility index (Phi) is 6.67. The van der Waals surface area contributed by atoms with E-state index in [0.29, 0.717) is 13.1 Å². The molecule has 1 saturated heterocycles. The highest BCUT2D eigenvalue weighted by molar-refractivity contribution is 7.89. The molecule has 0 bridgehead atoms.